The number of nitrogens with zero attached hydrogens (tertiary/aromatic N) is 2. The van der Waals surface area contributed by atoms with Gasteiger partial charge in [-0.15, -0.1) is 0 Å². The number of carbonyl (C=O) groups is 3. The minimum absolute atomic E-state index is 0.0748. The molecule has 2 aromatic rings. The van der Waals surface area contributed by atoms with Crippen molar-refractivity contribution in [3.05, 3.63) is 65.5 Å². The Morgan fingerprint density at radius 3 is 2.17 bits per heavy atom. The third kappa shape index (κ3) is 6.22. The van der Waals surface area contributed by atoms with Crippen molar-refractivity contribution in [1.82, 2.24) is 9.80 Å². The van der Waals surface area contributed by atoms with Crippen molar-refractivity contribution in [3.63, 3.8) is 0 Å². The van der Waals surface area contributed by atoms with E-state index in [0.29, 0.717) is 31.7 Å². The lowest BCUT2D eigenvalue weighted by atomic mass is 10.1. The van der Waals surface area contributed by atoms with Crippen molar-refractivity contribution >= 4 is 23.3 Å². The summed E-state index contributed by atoms with van der Waals surface area (Å²) in [6.07, 6.45) is 0.230. The molecule has 0 unspecified atom stereocenters. The van der Waals surface area contributed by atoms with Crippen molar-refractivity contribution in [2.75, 3.05) is 38.0 Å². The Labute approximate surface area is 175 Å². The Bertz CT molecular complexity index is 889. The first-order chi connectivity index (χ1) is 14.4. The molecule has 0 radical (unpaired) electrons. The molecule has 6 nitrogen and oxygen atoms in total. The van der Waals surface area contributed by atoms with E-state index in [1.54, 1.807) is 4.90 Å². The molecule has 0 aromatic heterocycles. The number of nitrogens with one attached hydrogen (secondary N) is 1. The van der Waals surface area contributed by atoms with Gasteiger partial charge in [0.15, 0.2) is 5.78 Å². The number of anilines is 1. The summed E-state index contributed by atoms with van der Waals surface area (Å²) in [5, 5.41) is 2.88. The number of Topliss-reactive ketones (excluding diaryl/α,β-unsaturated/α-hetero) is 1. The molecule has 1 heterocycles. The first-order valence-corrected chi connectivity index (χ1v) is 10.1. The van der Waals surface area contributed by atoms with Crippen molar-refractivity contribution in [2.45, 2.75) is 19.8 Å². The zero-order chi connectivity index (χ0) is 21.5. The summed E-state index contributed by atoms with van der Waals surface area (Å²) < 4.78 is 12.9. The zero-order valence-corrected chi connectivity index (χ0v) is 17.1. The molecular weight excluding hydrogens is 385 g/mol. The van der Waals surface area contributed by atoms with E-state index in [4.69, 9.17) is 0 Å². The molecule has 0 bridgehead atoms. The molecule has 3 rings (SSSR count). The third-order valence-corrected chi connectivity index (χ3v) is 5.16. The lowest BCUT2D eigenvalue weighted by molar-refractivity contribution is -0.133. The van der Waals surface area contributed by atoms with Gasteiger partial charge in [0.2, 0.25) is 11.8 Å². The van der Waals surface area contributed by atoms with Crippen molar-refractivity contribution in [2.24, 2.45) is 0 Å². The maximum absolute atomic E-state index is 12.9. The quantitative estimate of drug-likeness (QED) is 0.712. The average molecular weight is 411 g/mol. The van der Waals surface area contributed by atoms with Crippen LogP contribution in [-0.2, 0) is 9.59 Å². The van der Waals surface area contributed by atoms with Gasteiger partial charge < -0.3 is 10.2 Å². The molecule has 1 N–H and O–H groups in total. The monoisotopic (exact) mass is 411 g/mol. The number of piperazine rings is 1. The van der Waals surface area contributed by atoms with Crippen LogP contribution in [-0.4, -0.2) is 60.1 Å². The van der Waals surface area contributed by atoms with Crippen LogP contribution in [0.25, 0.3) is 0 Å². The molecule has 1 aliphatic heterocycles. The highest BCUT2D eigenvalue weighted by atomic mass is 19.1. The van der Waals surface area contributed by atoms with Gasteiger partial charge in [0.05, 0.1) is 6.54 Å². The molecule has 1 aliphatic rings. The highest BCUT2D eigenvalue weighted by Crippen LogP contribution is 2.11. The fourth-order valence-corrected chi connectivity index (χ4v) is 3.35. The minimum Gasteiger partial charge on any atom is -0.340 e. The number of benzene rings is 2. The van der Waals surface area contributed by atoms with Gasteiger partial charge >= 0.3 is 0 Å². The molecule has 0 saturated carbocycles. The van der Waals surface area contributed by atoms with Crippen molar-refractivity contribution in [3.8, 4) is 0 Å². The van der Waals surface area contributed by atoms with Crippen LogP contribution in [0.5, 0.6) is 0 Å². The van der Waals surface area contributed by atoms with E-state index in [9.17, 15) is 18.8 Å². The molecule has 2 amide bonds. The van der Waals surface area contributed by atoms with Gasteiger partial charge in [0.1, 0.15) is 5.82 Å². The second kappa shape index (κ2) is 10.1. The predicted octanol–water partition coefficient (Wildman–Crippen LogP) is 2.88. The Hall–Kier alpha value is -3.06. The van der Waals surface area contributed by atoms with Gasteiger partial charge in [-0.25, -0.2) is 4.39 Å². The molecule has 0 spiro atoms. The summed E-state index contributed by atoms with van der Waals surface area (Å²) in [4.78, 5) is 40.5. The predicted molar refractivity (Wildman–Crippen MR) is 113 cm³/mol. The van der Waals surface area contributed by atoms with Gasteiger partial charge in [-0.3, -0.25) is 19.3 Å². The minimum atomic E-state index is -0.395. The lowest BCUT2D eigenvalue weighted by Crippen LogP contribution is -2.50. The normalized spacial score (nSPS) is 14.4. The SMILES string of the molecule is Cc1ccc(NC(=O)CN2CCN(C(=O)CCC(=O)c3ccc(F)cc3)CC2)cc1. The summed E-state index contributed by atoms with van der Waals surface area (Å²) in [5.41, 5.74) is 2.31. The third-order valence-electron chi connectivity index (χ3n) is 5.16. The Balaban J connectivity index is 1.38. The van der Waals surface area contributed by atoms with Crippen LogP contribution in [0.3, 0.4) is 0 Å². The Morgan fingerprint density at radius 2 is 1.53 bits per heavy atom. The Morgan fingerprint density at radius 1 is 0.900 bits per heavy atom. The molecule has 158 valence electrons. The van der Waals surface area contributed by atoms with E-state index in [2.05, 4.69) is 5.32 Å². The van der Waals surface area contributed by atoms with Gasteiger partial charge in [-0.05, 0) is 43.3 Å². The van der Waals surface area contributed by atoms with Crippen molar-refractivity contribution in [1.29, 1.82) is 0 Å². The summed E-state index contributed by atoms with van der Waals surface area (Å²) in [6, 6.07) is 13.0. The molecule has 0 aliphatic carbocycles. The highest BCUT2D eigenvalue weighted by molar-refractivity contribution is 5.98. The average Bonchev–Trinajstić information content (AvgIpc) is 2.74. The van der Waals surface area contributed by atoms with E-state index < -0.39 is 5.82 Å². The van der Waals surface area contributed by atoms with Gasteiger partial charge in [0, 0.05) is 50.3 Å². The number of rotatable bonds is 7. The first kappa shape index (κ1) is 21.6. The first-order valence-electron chi connectivity index (χ1n) is 10.1. The van der Waals surface area contributed by atoms with Crippen LogP contribution in [0.1, 0.15) is 28.8 Å². The number of hydrogen-bond acceptors (Lipinski definition) is 4. The maximum atomic E-state index is 12.9. The van der Waals surface area contributed by atoms with Crippen LogP contribution in [0.4, 0.5) is 10.1 Å². The molecule has 30 heavy (non-hydrogen) atoms. The number of ketones is 1. The summed E-state index contributed by atoms with van der Waals surface area (Å²) in [7, 11) is 0. The lowest BCUT2D eigenvalue weighted by Gasteiger charge is -2.34. The van der Waals surface area contributed by atoms with Crippen LogP contribution < -0.4 is 5.32 Å². The van der Waals surface area contributed by atoms with Gasteiger partial charge in [-0.2, -0.15) is 0 Å². The summed E-state index contributed by atoms with van der Waals surface area (Å²) in [5.74, 6) is -0.722. The van der Waals surface area contributed by atoms with E-state index in [1.807, 2.05) is 36.1 Å². The van der Waals surface area contributed by atoms with E-state index >= 15 is 0 Å². The Kier molecular flexibility index (Phi) is 7.30. The largest absolute Gasteiger partial charge is 0.340 e. The highest BCUT2D eigenvalue weighted by Gasteiger charge is 2.23. The fraction of sp³-hybridized carbons (Fsp3) is 0.348. The van der Waals surface area contributed by atoms with Crippen LogP contribution >= 0.6 is 0 Å². The van der Waals surface area contributed by atoms with Crippen LogP contribution in [0.2, 0.25) is 0 Å². The molecular formula is C23H26FN3O3. The number of aryl methyl sites for hydroxylation is 1. The van der Waals surface area contributed by atoms with Crippen molar-refractivity contribution < 1.29 is 18.8 Å². The molecule has 7 heteroatoms. The second-order valence-electron chi connectivity index (χ2n) is 7.50. The number of hydrogen-bond donors (Lipinski definition) is 1. The molecule has 1 fully saturated rings. The van der Waals surface area contributed by atoms with E-state index in [0.717, 1.165) is 11.3 Å². The van der Waals surface area contributed by atoms with Gasteiger partial charge in [0.25, 0.3) is 0 Å². The smallest absolute Gasteiger partial charge is 0.238 e. The number of carbonyl (C=O) groups excluding carboxylic acids is 3. The molecule has 2 aromatic carbocycles. The number of halogens is 1. The zero-order valence-electron chi connectivity index (χ0n) is 17.1. The van der Waals surface area contributed by atoms with Crippen LogP contribution in [0.15, 0.2) is 48.5 Å². The maximum Gasteiger partial charge on any atom is 0.238 e. The second-order valence-corrected chi connectivity index (χ2v) is 7.50. The number of amides is 2. The summed E-state index contributed by atoms with van der Waals surface area (Å²) >= 11 is 0. The molecule has 0 atom stereocenters. The van der Waals surface area contributed by atoms with E-state index in [-0.39, 0.29) is 37.0 Å². The van der Waals surface area contributed by atoms with E-state index in [1.165, 1.54) is 24.3 Å². The van der Waals surface area contributed by atoms with Gasteiger partial charge in [-0.1, -0.05) is 17.7 Å². The summed E-state index contributed by atoms with van der Waals surface area (Å²) in [6.45, 7) is 4.55. The topological polar surface area (TPSA) is 69.7 Å². The standard InChI is InChI=1S/C23H26FN3O3/c1-17-2-8-20(9-3-17)25-22(29)16-26-12-14-27(15-13-26)23(30)11-10-21(28)18-4-6-19(24)7-5-18/h2-9H,10-16H2,1H3,(H,25,29). The van der Waals surface area contributed by atoms with Crippen LogP contribution in [0, 0.1) is 12.7 Å². The fourth-order valence-electron chi connectivity index (χ4n) is 3.35. The molecule has 1 saturated heterocycles.